The maximum absolute atomic E-state index is 12.8. The largest absolute Gasteiger partial charge is 0.497 e. The molecule has 0 aliphatic carbocycles. The second kappa shape index (κ2) is 8.63. The van der Waals surface area contributed by atoms with Crippen molar-refractivity contribution in [2.75, 3.05) is 26.8 Å². The van der Waals surface area contributed by atoms with Gasteiger partial charge in [0.15, 0.2) is 0 Å². The molecule has 6 nitrogen and oxygen atoms in total. The lowest BCUT2D eigenvalue weighted by atomic mass is 9.74. The summed E-state index contributed by atoms with van der Waals surface area (Å²) in [6.07, 6.45) is 1.38. The van der Waals surface area contributed by atoms with E-state index in [1.807, 2.05) is 24.3 Å². The van der Waals surface area contributed by atoms with Crippen molar-refractivity contribution in [1.82, 2.24) is 4.31 Å². The quantitative estimate of drug-likeness (QED) is 0.639. The van der Waals surface area contributed by atoms with Crippen molar-refractivity contribution in [2.45, 2.75) is 30.4 Å². The van der Waals surface area contributed by atoms with Crippen LogP contribution in [0.1, 0.15) is 25.3 Å². The van der Waals surface area contributed by atoms with E-state index in [4.69, 9.17) is 9.47 Å². The third-order valence-electron chi connectivity index (χ3n) is 5.18. The van der Waals surface area contributed by atoms with Gasteiger partial charge in [0.2, 0.25) is 0 Å². The van der Waals surface area contributed by atoms with E-state index in [-0.39, 0.29) is 5.97 Å². The van der Waals surface area contributed by atoms with Crippen LogP contribution in [0.3, 0.4) is 0 Å². The molecule has 0 saturated carbocycles. The van der Waals surface area contributed by atoms with Gasteiger partial charge in [0.05, 0.1) is 19.1 Å². The van der Waals surface area contributed by atoms with Gasteiger partial charge in [-0.15, -0.1) is 11.3 Å². The highest BCUT2D eigenvalue weighted by molar-refractivity contribution is 7.91. The van der Waals surface area contributed by atoms with Crippen molar-refractivity contribution in [3.8, 4) is 5.75 Å². The van der Waals surface area contributed by atoms with Crippen molar-refractivity contribution >= 4 is 27.3 Å². The monoisotopic (exact) mass is 423 g/mol. The van der Waals surface area contributed by atoms with Crippen molar-refractivity contribution < 1.29 is 22.7 Å². The molecule has 1 aromatic heterocycles. The van der Waals surface area contributed by atoms with Crippen LogP contribution in [0.2, 0.25) is 0 Å². The lowest BCUT2D eigenvalue weighted by molar-refractivity contribution is -0.158. The molecule has 2 heterocycles. The van der Waals surface area contributed by atoms with Gasteiger partial charge in [-0.3, -0.25) is 4.79 Å². The average Bonchev–Trinajstić information content (AvgIpc) is 3.25. The summed E-state index contributed by atoms with van der Waals surface area (Å²) in [5, 5.41) is 1.75. The van der Waals surface area contributed by atoms with Crippen LogP contribution in [0, 0.1) is 5.41 Å². The molecule has 28 heavy (non-hydrogen) atoms. The molecule has 1 fully saturated rings. The molecule has 1 aromatic carbocycles. The molecule has 0 atom stereocenters. The minimum absolute atomic E-state index is 0.251. The molecular weight excluding hydrogens is 398 g/mol. The van der Waals surface area contributed by atoms with Crippen molar-refractivity contribution in [3.63, 3.8) is 0 Å². The van der Waals surface area contributed by atoms with Gasteiger partial charge >= 0.3 is 5.97 Å². The predicted octanol–water partition coefficient (Wildman–Crippen LogP) is 3.33. The van der Waals surface area contributed by atoms with Crippen LogP contribution in [0.15, 0.2) is 46.0 Å². The lowest BCUT2D eigenvalue weighted by Crippen LogP contribution is -2.48. The number of benzene rings is 1. The second-order valence-corrected chi connectivity index (χ2v) is 9.97. The molecule has 152 valence electrons. The summed E-state index contributed by atoms with van der Waals surface area (Å²) in [4.78, 5) is 12.8. The van der Waals surface area contributed by atoms with Crippen LogP contribution in [0.4, 0.5) is 0 Å². The van der Waals surface area contributed by atoms with E-state index in [0.717, 1.165) is 11.3 Å². The molecule has 2 aromatic rings. The minimum atomic E-state index is -3.51. The fraction of sp³-hybridized carbons (Fsp3) is 0.450. The summed E-state index contributed by atoms with van der Waals surface area (Å²) in [5.74, 6) is 0.504. The van der Waals surface area contributed by atoms with E-state index in [9.17, 15) is 13.2 Å². The molecule has 1 aliphatic heterocycles. The Kier molecular flexibility index (Phi) is 6.42. The summed E-state index contributed by atoms with van der Waals surface area (Å²) < 4.78 is 38.0. The maximum Gasteiger partial charge on any atom is 0.312 e. The Morgan fingerprint density at radius 3 is 2.39 bits per heavy atom. The topological polar surface area (TPSA) is 72.9 Å². The highest BCUT2D eigenvalue weighted by Crippen LogP contribution is 2.39. The van der Waals surface area contributed by atoms with Gasteiger partial charge in [0, 0.05) is 13.1 Å². The van der Waals surface area contributed by atoms with Gasteiger partial charge < -0.3 is 9.47 Å². The molecular formula is C20H25NO5S2. The fourth-order valence-corrected chi connectivity index (χ4v) is 6.15. The molecule has 1 aliphatic rings. The normalized spacial score (nSPS) is 17.2. The summed E-state index contributed by atoms with van der Waals surface area (Å²) in [6.45, 7) is 2.69. The summed E-state index contributed by atoms with van der Waals surface area (Å²) in [5.41, 5.74) is 0.287. The average molecular weight is 424 g/mol. The molecule has 0 amide bonds. The first kappa shape index (κ1) is 20.8. The Labute approximate surface area is 170 Å². The standard InChI is InChI=1S/C20H25NO5S2/c1-3-26-19(22)20(15-16-6-8-17(25-2)9-7-16)10-12-21(13-11-20)28(23,24)18-5-4-14-27-18/h4-9,14H,3,10-13,15H2,1-2H3. The van der Waals surface area contributed by atoms with Crippen LogP contribution < -0.4 is 4.74 Å². The van der Waals surface area contributed by atoms with Crippen LogP contribution in [0.5, 0.6) is 5.75 Å². The molecule has 0 radical (unpaired) electrons. The highest BCUT2D eigenvalue weighted by atomic mass is 32.2. The van der Waals surface area contributed by atoms with Gasteiger partial charge in [0.1, 0.15) is 9.96 Å². The van der Waals surface area contributed by atoms with Gasteiger partial charge in [-0.25, -0.2) is 8.42 Å². The van der Waals surface area contributed by atoms with E-state index < -0.39 is 15.4 Å². The number of hydrogen-bond acceptors (Lipinski definition) is 6. The van der Waals surface area contributed by atoms with Crippen molar-refractivity contribution in [2.24, 2.45) is 5.41 Å². The maximum atomic E-state index is 12.8. The van der Waals surface area contributed by atoms with Gasteiger partial charge in [-0.2, -0.15) is 4.31 Å². The molecule has 0 spiro atoms. The van der Waals surface area contributed by atoms with E-state index >= 15 is 0 Å². The molecule has 8 heteroatoms. The first-order chi connectivity index (χ1) is 13.4. The lowest BCUT2D eigenvalue weighted by Gasteiger charge is -2.39. The van der Waals surface area contributed by atoms with Crippen LogP contribution in [-0.2, 0) is 26.0 Å². The third kappa shape index (κ3) is 4.24. The zero-order valence-corrected chi connectivity index (χ0v) is 17.7. The van der Waals surface area contributed by atoms with Crippen LogP contribution in [0.25, 0.3) is 0 Å². The van der Waals surface area contributed by atoms with E-state index in [0.29, 0.717) is 43.2 Å². The molecule has 1 saturated heterocycles. The molecule has 0 bridgehead atoms. The molecule has 0 N–H and O–H groups in total. The number of thiophene rings is 1. The van der Waals surface area contributed by atoms with Gasteiger partial charge in [-0.05, 0) is 55.3 Å². The summed E-state index contributed by atoms with van der Waals surface area (Å²) >= 11 is 1.21. The Balaban J connectivity index is 1.79. The van der Waals surface area contributed by atoms with Crippen molar-refractivity contribution in [3.05, 3.63) is 47.3 Å². The highest BCUT2D eigenvalue weighted by Gasteiger charge is 2.45. The number of nitrogens with zero attached hydrogens (tertiary/aromatic N) is 1. The van der Waals surface area contributed by atoms with Crippen LogP contribution >= 0.6 is 11.3 Å². The number of carbonyl (C=O) groups excluding carboxylic acids is 1. The van der Waals surface area contributed by atoms with E-state index in [2.05, 4.69) is 0 Å². The third-order valence-corrected chi connectivity index (χ3v) is 8.45. The Hall–Kier alpha value is -1.90. The Bertz CT molecular complexity index is 883. The zero-order chi connectivity index (χ0) is 20.2. The number of ether oxygens (including phenoxy) is 2. The van der Waals surface area contributed by atoms with E-state index in [1.165, 1.54) is 15.6 Å². The smallest absolute Gasteiger partial charge is 0.312 e. The number of sulfonamides is 1. The summed E-state index contributed by atoms with van der Waals surface area (Å²) in [6, 6.07) is 11.0. The SMILES string of the molecule is CCOC(=O)C1(Cc2ccc(OC)cc2)CCN(S(=O)(=O)c2cccs2)CC1. The zero-order valence-electron chi connectivity index (χ0n) is 16.1. The second-order valence-electron chi connectivity index (χ2n) is 6.86. The van der Waals surface area contributed by atoms with Crippen LogP contribution in [-0.4, -0.2) is 45.5 Å². The van der Waals surface area contributed by atoms with Gasteiger partial charge in [0.25, 0.3) is 10.0 Å². The molecule has 0 unspecified atom stereocenters. The minimum Gasteiger partial charge on any atom is -0.497 e. The molecule has 3 rings (SSSR count). The van der Waals surface area contributed by atoms with Crippen molar-refractivity contribution in [1.29, 1.82) is 0 Å². The number of esters is 1. The Morgan fingerprint density at radius 2 is 1.86 bits per heavy atom. The number of rotatable bonds is 7. The number of methoxy groups -OCH3 is 1. The fourth-order valence-electron chi connectivity index (χ4n) is 3.56. The van der Waals surface area contributed by atoms with Gasteiger partial charge in [-0.1, -0.05) is 18.2 Å². The van der Waals surface area contributed by atoms with E-state index in [1.54, 1.807) is 31.5 Å². The number of hydrogen-bond donors (Lipinski definition) is 0. The number of piperidine rings is 1. The first-order valence-corrected chi connectivity index (χ1v) is 11.6. The summed E-state index contributed by atoms with van der Waals surface area (Å²) in [7, 11) is -1.90. The first-order valence-electron chi connectivity index (χ1n) is 9.25. The predicted molar refractivity (Wildman–Crippen MR) is 108 cm³/mol. The number of carbonyl (C=O) groups is 1. The Morgan fingerprint density at radius 1 is 1.18 bits per heavy atom.